The Hall–Kier alpha value is -0.470. The summed E-state index contributed by atoms with van der Waals surface area (Å²) >= 11 is 2.06. The van der Waals surface area contributed by atoms with Gasteiger partial charge in [-0.1, -0.05) is 30.3 Å². The molecule has 1 N–H and O–H groups in total. The Balaban J connectivity index is 1.90. The molecule has 0 radical (unpaired) electrons. The van der Waals surface area contributed by atoms with Crippen LogP contribution in [-0.4, -0.2) is 24.1 Å². The van der Waals surface area contributed by atoms with Crippen molar-refractivity contribution in [2.24, 2.45) is 0 Å². The third kappa shape index (κ3) is 2.75. The molecule has 1 fully saturated rings. The van der Waals surface area contributed by atoms with E-state index in [1.807, 2.05) is 0 Å². The van der Waals surface area contributed by atoms with E-state index in [1.165, 1.54) is 30.0 Å². The Morgan fingerprint density at radius 3 is 2.85 bits per heavy atom. The lowest BCUT2D eigenvalue weighted by molar-refractivity contribution is 0.563. The van der Waals surface area contributed by atoms with Gasteiger partial charge in [0.05, 0.1) is 0 Å². The van der Waals surface area contributed by atoms with Gasteiger partial charge in [-0.05, 0) is 12.0 Å². The van der Waals surface area contributed by atoms with Crippen molar-refractivity contribution in [3.63, 3.8) is 0 Å². The van der Waals surface area contributed by atoms with Crippen LogP contribution in [0.15, 0.2) is 30.3 Å². The van der Waals surface area contributed by atoms with E-state index >= 15 is 0 Å². The third-order valence-corrected chi connectivity index (χ3v) is 3.45. The second-order valence-electron chi connectivity index (χ2n) is 3.42. The number of rotatable bonds is 2. The van der Waals surface area contributed by atoms with E-state index in [2.05, 4.69) is 47.4 Å². The fourth-order valence-corrected chi connectivity index (χ4v) is 2.60. The first kappa shape index (κ1) is 9.10. The molecule has 1 aromatic rings. The number of benzene rings is 1. The molecule has 1 atom stereocenters. The van der Waals surface area contributed by atoms with Crippen LogP contribution in [0.2, 0.25) is 0 Å². The third-order valence-electron chi connectivity index (χ3n) is 2.32. The van der Waals surface area contributed by atoms with Crippen LogP contribution in [0.25, 0.3) is 0 Å². The summed E-state index contributed by atoms with van der Waals surface area (Å²) in [5.41, 5.74) is 1.45. The summed E-state index contributed by atoms with van der Waals surface area (Å²) in [4.78, 5) is 0. The topological polar surface area (TPSA) is 12.0 Å². The maximum absolute atomic E-state index is 3.55. The summed E-state index contributed by atoms with van der Waals surface area (Å²) in [6.07, 6.45) is 1.17. The molecule has 1 heterocycles. The van der Waals surface area contributed by atoms with Crippen LogP contribution in [0.5, 0.6) is 0 Å². The normalized spacial score (nSPS) is 22.9. The molecule has 2 rings (SSSR count). The van der Waals surface area contributed by atoms with Crippen LogP contribution >= 0.6 is 11.8 Å². The van der Waals surface area contributed by atoms with Crippen LogP contribution in [0, 0.1) is 0 Å². The average molecular weight is 193 g/mol. The number of nitrogens with one attached hydrogen (secondary N) is 1. The fraction of sp³-hybridized carbons (Fsp3) is 0.455. The minimum atomic E-state index is 0.682. The molecule has 0 unspecified atom stereocenters. The molecule has 0 aliphatic carbocycles. The first-order valence-electron chi connectivity index (χ1n) is 4.80. The lowest BCUT2D eigenvalue weighted by Crippen LogP contribution is -2.38. The van der Waals surface area contributed by atoms with Gasteiger partial charge in [-0.3, -0.25) is 0 Å². The molecule has 2 heteroatoms. The van der Waals surface area contributed by atoms with E-state index < -0.39 is 0 Å². The van der Waals surface area contributed by atoms with Crippen LogP contribution in [0.4, 0.5) is 0 Å². The highest BCUT2D eigenvalue weighted by Gasteiger charge is 2.12. The van der Waals surface area contributed by atoms with Gasteiger partial charge >= 0.3 is 0 Å². The molecule has 13 heavy (non-hydrogen) atoms. The standard InChI is InChI=1S/C11H15NS/c1-2-4-10(5-3-1)8-11-9-13-7-6-12-11/h1-5,11-12H,6-9H2/t11-/m0/s1. The molecule has 1 aromatic carbocycles. The van der Waals surface area contributed by atoms with Gasteiger partial charge in [0.15, 0.2) is 0 Å². The summed E-state index contributed by atoms with van der Waals surface area (Å²) in [5.74, 6) is 2.53. The van der Waals surface area contributed by atoms with Crippen molar-refractivity contribution in [3.05, 3.63) is 35.9 Å². The Morgan fingerprint density at radius 1 is 1.31 bits per heavy atom. The molecule has 70 valence electrons. The Labute approximate surface area is 83.9 Å². The van der Waals surface area contributed by atoms with E-state index in [9.17, 15) is 0 Å². The van der Waals surface area contributed by atoms with Gasteiger partial charge in [0, 0.05) is 24.1 Å². The van der Waals surface area contributed by atoms with Crippen LogP contribution in [0.3, 0.4) is 0 Å². The molecule has 0 saturated carbocycles. The minimum Gasteiger partial charge on any atom is -0.312 e. The maximum atomic E-state index is 3.55. The number of thioether (sulfide) groups is 1. The molecule has 1 aliphatic heterocycles. The lowest BCUT2D eigenvalue weighted by Gasteiger charge is -2.22. The number of hydrogen-bond donors (Lipinski definition) is 1. The van der Waals surface area contributed by atoms with Crippen LogP contribution in [-0.2, 0) is 6.42 Å². The monoisotopic (exact) mass is 193 g/mol. The molecule has 0 spiro atoms. The molecule has 1 saturated heterocycles. The van der Waals surface area contributed by atoms with Crippen molar-refractivity contribution < 1.29 is 0 Å². The molecular formula is C11H15NS. The Morgan fingerprint density at radius 2 is 2.15 bits per heavy atom. The van der Waals surface area contributed by atoms with Crippen molar-refractivity contribution in [2.75, 3.05) is 18.1 Å². The highest BCUT2D eigenvalue weighted by molar-refractivity contribution is 7.99. The molecule has 1 aliphatic rings. The summed E-state index contributed by atoms with van der Waals surface area (Å²) in [7, 11) is 0. The van der Waals surface area contributed by atoms with Gasteiger partial charge in [-0.25, -0.2) is 0 Å². The summed E-state index contributed by atoms with van der Waals surface area (Å²) < 4.78 is 0. The van der Waals surface area contributed by atoms with Gasteiger partial charge in [0.25, 0.3) is 0 Å². The van der Waals surface area contributed by atoms with Gasteiger partial charge < -0.3 is 5.32 Å². The maximum Gasteiger partial charge on any atom is 0.0198 e. The van der Waals surface area contributed by atoms with Crippen molar-refractivity contribution >= 4 is 11.8 Å². The Bertz CT molecular complexity index is 242. The van der Waals surface area contributed by atoms with E-state index in [1.54, 1.807) is 0 Å². The largest absolute Gasteiger partial charge is 0.312 e. The van der Waals surface area contributed by atoms with Crippen LogP contribution < -0.4 is 5.32 Å². The lowest BCUT2D eigenvalue weighted by atomic mass is 10.1. The van der Waals surface area contributed by atoms with Gasteiger partial charge in [0.1, 0.15) is 0 Å². The highest BCUT2D eigenvalue weighted by Crippen LogP contribution is 2.12. The minimum absolute atomic E-state index is 0.682. The molecular weight excluding hydrogens is 178 g/mol. The van der Waals surface area contributed by atoms with E-state index in [4.69, 9.17) is 0 Å². The first-order chi connectivity index (χ1) is 6.45. The van der Waals surface area contributed by atoms with Gasteiger partial charge in [0.2, 0.25) is 0 Å². The summed E-state index contributed by atoms with van der Waals surface area (Å²) in [6.45, 7) is 1.17. The predicted molar refractivity (Wildman–Crippen MR) is 59.3 cm³/mol. The summed E-state index contributed by atoms with van der Waals surface area (Å²) in [5, 5.41) is 3.55. The van der Waals surface area contributed by atoms with Gasteiger partial charge in [-0.2, -0.15) is 11.8 Å². The smallest absolute Gasteiger partial charge is 0.0198 e. The zero-order valence-electron chi connectivity index (χ0n) is 7.70. The van der Waals surface area contributed by atoms with E-state index in [0.717, 1.165) is 0 Å². The second kappa shape index (κ2) is 4.68. The van der Waals surface area contributed by atoms with Crippen molar-refractivity contribution in [1.29, 1.82) is 0 Å². The van der Waals surface area contributed by atoms with Crippen molar-refractivity contribution in [2.45, 2.75) is 12.5 Å². The Kier molecular flexibility index (Phi) is 3.27. The molecule has 1 nitrogen and oxygen atoms in total. The van der Waals surface area contributed by atoms with Crippen molar-refractivity contribution in [1.82, 2.24) is 5.32 Å². The van der Waals surface area contributed by atoms with Crippen LogP contribution in [0.1, 0.15) is 5.56 Å². The second-order valence-corrected chi connectivity index (χ2v) is 4.57. The first-order valence-corrected chi connectivity index (χ1v) is 5.96. The quantitative estimate of drug-likeness (QED) is 0.770. The molecule has 0 aromatic heterocycles. The molecule has 0 bridgehead atoms. The van der Waals surface area contributed by atoms with E-state index in [0.29, 0.717) is 6.04 Å². The fourth-order valence-electron chi connectivity index (χ4n) is 1.65. The average Bonchev–Trinajstić information content (AvgIpc) is 2.21. The van der Waals surface area contributed by atoms with E-state index in [-0.39, 0.29) is 0 Å². The molecule has 0 amide bonds. The predicted octanol–water partition coefficient (Wildman–Crippen LogP) is 1.93. The zero-order valence-corrected chi connectivity index (χ0v) is 8.52. The summed E-state index contributed by atoms with van der Waals surface area (Å²) in [6, 6.07) is 11.4. The highest BCUT2D eigenvalue weighted by atomic mass is 32.2. The van der Waals surface area contributed by atoms with Crippen molar-refractivity contribution in [3.8, 4) is 0 Å². The zero-order chi connectivity index (χ0) is 8.93. The van der Waals surface area contributed by atoms with Gasteiger partial charge in [-0.15, -0.1) is 0 Å². The number of hydrogen-bond acceptors (Lipinski definition) is 2. The SMILES string of the molecule is c1ccc(C[C@H]2CSCCN2)cc1.